The minimum absolute atomic E-state index is 0.115. The van der Waals surface area contributed by atoms with Crippen molar-refractivity contribution in [2.24, 2.45) is 11.3 Å². The SMILES string of the molecule is CC(C)CCC(C)(C)C=N. The minimum atomic E-state index is 0.115. The van der Waals surface area contributed by atoms with E-state index in [9.17, 15) is 0 Å². The molecule has 0 amide bonds. The van der Waals surface area contributed by atoms with Crippen molar-refractivity contribution in [3.05, 3.63) is 0 Å². The standard InChI is InChI=1S/C9H19N/c1-8(2)5-6-9(3,4)7-10/h7-8,10H,5-6H2,1-4H3. The molecule has 0 aliphatic carbocycles. The zero-order chi connectivity index (χ0) is 8.20. The molecule has 1 N–H and O–H groups in total. The quantitative estimate of drug-likeness (QED) is 0.582. The molecule has 0 saturated carbocycles. The molecule has 0 aliphatic rings. The van der Waals surface area contributed by atoms with Crippen LogP contribution >= 0.6 is 0 Å². The lowest BCUT2D eigenvalue weighted by Gasteiger charge is -2.19. The van der Waals surface area contributed by atoms with Gasteiger partial charge in [-0.15, -0.1) is 0 Å². The van der Waals surface area contributed by atoms with Crippen LogP contribution in [-0.4, -0.2) is 6.21 Å². The van der Waals surface area contributed by atoms with Crippen molar-refractivity contribution in [3.8, 4) is 0 Å². The van der Waals surface area contributed by atoms with Gasteiger partial charge >= 0.3 is 0 Å². The lowest BCUT2D eigenvalue weighted by atomic mass is 9.87. The average molecular weight is 141 g/mol. The van der Waals surface area contributed by atoms with Gasteiger partial charge in [0.05, 0.1) is 0 Å². The van der Waals surface area contributed by atoms with Crippen LogP contribution in [0.2, 0.25) is 0 Å². The van der Waals surface area contributed by atoms with E-state index >= 15 is 0 Å². The number of hydrogen-bond acceptors (Lipinski definition) is 1. The van der Waals surface area contributed by atoms with Gasteiger partial charge in [0, 0.05) is 6.21 Å². The summed E-state index contributed by atoms with van der Waals surface area (Å²) in [6.07, 6.45) is 3.91. The van der Waals surface area contributed by atoms with Crippen LogP contribution in [0, 0.1) is 16.7 Å². The molecule has 0 saturated heterocycles. The van der Waals surface area contributed by atoms with Gasteiger partial charge in [-0.2, -0.15) is 0 Å². The average Bonchev–Trinajstić information content (AvgIpc) is 1.85. The molecule has 0 fully saturated rings. The Kier molecular flexibility index (Phi) is 3.62. The normalized spacial score (nSPS) is 12.1. The summed E-state index contributed by atoms with van der Waals surface area (Å²) in [5.74, 6) is 0.763. The topological polar surface area (TPSA) is 23.9 Å². The van der Waals surface area contributed by atoms with E-state index in [4.69, 9.17) is 5.41 Å². The van der Waals surface area contributed by atoms with Crippen LogP contribution in [-0.2, 0) is 0 Å². The third-order valence-electron chi connectivity index (χ3n) is 1.76. The second-order valence-corrected chi connectivity index (χ2v) is 4.07. The summed E-state index contributed by atoms with van der Waals surface area (Å²) >= 11 is 0. The lowest BCUT2D eigenvalue weighted by molar-refractivity contribution is 0.416. The Morgan fingerprint density at radius 1 is 1.40 bits per heavy atom. The van der Waals surface area contributed by atoms with Crippen molar-refractivity contribution in [3.63, 3.8) is 0 Å². The first-order chi connectivity index (χ1) is 4.48. The molecule has 1 nitrogen and oxygen atoms in total. The van der Waals surface area contributed by atoms with Gasteiger partial charge in [-0.1, -0.05) is 34.1 Å². The van der Waals surface area contributed by atoms with Crippen molar-refractivity contribution in [1.82, 2.24) is 0 Å². The minimum Gasteiger partial charge on any atom is -0.313 e. The van der Waals surface area contributed by atoms with E-state index in [0.29, 0.717) is 0 Å². The molecule has 0 radical (unpaired) electrons. The highest BCUT2D eigenvalue weighted by Crippen LogP contribution is 2.21. The third-order valence-corrected chi connectivity index (χ3v) is 1.76. The Bertz CT molecular complexity index is 103. The Morgan fingerprint density at radius 2 is 1.90 bits per heavy atom. The second kappa shape index (κ2) is 3.75. The molecule has 1 heteroatoms. The number of hydrogen-bond donors (Lipinski definition) is 1. The summed E-state index contributed by atoms with van der Waals surface area (Å²) < 4.78 is 0. The summed E-state index contributed by atoms with van der Waals surface area (Å²) in [4.78, 5) is 0. The van der Waals surface area contributed by atoms with Crippen molar-refractivity contribution < 1.29 is 0 Å². The molecule has 0 bridgehead atoms. The summed E-state index contributed by atoms with van der Waals surface area (Å²) in [5, 5.41) is 7.12. The van der Waals surface area contributed by atoms with E-state index in [0.717, 1.165) is 12.3 Å². The number of rotatable bonds is 4. The zero-order valence-electron chi connectivity index (χ0n) is 7.57. The predicted octanol–water partition coefficient (Wildman–Crippen LogP) is 3.10. The molecule has 0 atom stereocenters. The van der Waals surface area contributed by atoms with Crippen LogP contribution in [0.5, 0.6) is 0 Å². The van der Waals surface area contributed by atoms with Crippen LogP contribution in [0.15, 0.2) is 0 Å². The molecule has 0 aliphatic heterocycles. The first-order valence-corrected chi connectivity index (χ1v) is 3.99. The Labute approximate surface area is 64.3 Å². The van der Waals surface area contributed by atoms with Crippen LogP contribution in [0.4, 0.5) is 0 Å². The summed E-state index contributed by atoms with van der Waals surface area (Å²) in [7, 11) is 0. The Hall–Kier alpha value is -0.330. The molecule has 60 valence electrons. The molecular formula is C9H19N. The highest BCUT2D eigenvalue weighted by molar-refractivity contribution is 5.60. The highest BCUT2D eigenvalue weighted by atomic mass is 14.4. The van der Waals surface area contributed by atoms with Gasteiger partial charge in [-0.25, -0.2) is 0 Å². The number of nitrogens with one attached hydrogen (secondary N) is 1. The van der Waals surface area contributed by atoms with Crippen LogP contribution in [0.3, 0.4) is 0 Å². The molecule has 0 aromatic rings. The van der Waals surface area contributed by atoms with Crippen molar-refractivity contribution >= 4 is 6.21 Å². The van der Waals surface area contributed by atoms with Gasteiger partial charge in [0.1, 0.15) is 0 Å². The monoisotopic (exact) mass is 141 g/mol. The molecule has 10 heavy (non-hydrogen) atoms. The fourth-order valence-corrected chi connectivity index (χ4v) is 0.733. The van der Waals surface area contributed by atoms with E-state index in [2.05, 4.69) is 27.7 Å². The van der Waals surface area contributed by atoms with Crippen molar-refractivity contribution in [1.29, 1.82) is 5.41 Å². The highest BCUT2D eigenvalue weighted by Gasteiger charge is 2.13. The van der Waals surface area contributed by atoms with E-state index < -0.39 is 0 Å². The molecule has 0 rings (SSSR count). The Balaban J connectivity index is 3.56. The molecule has 0 aromatic heterocycles. The molecule has 0 aromatic carbocycles. The summed E-state index contributed by atoms with van der Waals surface area (Å²) in [6, 6.07) is 0. The van der Waals surface area contributed by atoms with Gasteiger partial charge in [0.25, 0.3) is 0 Å². The molecular weight excluding hydrogens is 122 g/mol. The molecule has 0 heterocycles. The third kappa shape index (κ3) is 4.54. The fraction of sp³-hybridized carbons (Fsp3) is 0.889. The van der Waals surface area contributed by atoms with Crippen molar-refractivity contribution in [2.45, 2.75) is 40.5 Å². The first kappa shape index (κ1) is 9.67. The van der Waals surface area contributed by atoms with Gasteiger partial charge in [0.15, 0.2) is 0 Å². The zero-order valence-corrected chi connectivity index (χ0v) is 7.57. The van der Waals surface area contributed by atoms with E-state index in [1.54, 1.807) is 6.21 Å². The maximum atomic E-state index is 7.12. The molecule has 0 unspecified atom stereocenters. The van der Waals surface area contributed by atoms with E-state index in [1.807, 2.05) is 0 Å². The maximum absolute atomic E-state index is 7.12. The lowest BCUT2D eigenvalue weighted by Crippen LogP contribution is -2.13. The fourth-order valence-electron chi connectivity index (χ4n) is 0.733. The maximum Gasteiger partial charge on any atom is 0.000867 e. The van der Waals surface area contributed by atoms with Crippen LogP contribution < -0.4 is 0 Å². The molecule has 0 spiro atoms. The van der Waals surface area contributed by atoms with Crippen LogP contribution in [0.25, 0.3) is 0 Å². The van der Waals surface area contributed by atoms with Gasteiger partial charge in [-0.05, 0) is 17.8 Å². The smallest absolute Gasteiger partial charge is 0.000867 e. The Morgan fingerprint density at radius 3 is 2.20 bits per heavy atom. The van der Waals surface area contributed by atoms with Crippen molar-refractivity contribution in [2.75, 3.05) is 0 Å². The largest absolute Gasteiger partial charge is 0.313 e. The van der Waals surface area contributed by atoms with E-state index in [-0.39, 0.29) is 5.41 Å². The van der Waals surface area contributed by atoms with E-state index in [1.165, 1.54) is 6.42 Å². The first-order valence-electron chi connectivity index (χ1n) is 3.99. The van der Waals surface area contributed by atoms with Gasteiger partial charge in [-0.3, -0.25) is 0 Å². The summed E-state index contributed by atoms with van der Waals surface area (Å²) in [6.45, 7) is 8.67. The summed E-state index contributed by atoms with van der Waals surface area (Å²) in [5.41, 5.74) is 0.115. The van der Waals surface area contributed by atoms with Crippen LogP contribution in [0.1, 0.15) is 40.5 Å². The van der Waals surface area contributed by atoms with Gasteiger partial charge in [0.2, 0.25) is 0 Å². The second-order valence-electron chi connectivity index (χ2n) is 4.07. The predicted molar refractivity (Wildman–Crippen MR) is 46.6 cm³/mol. The van der Waals surface area contributed by atoms with Gasteiger partial charge < -0.3 is 5.41 Å².